The van der Waals surface area contributed by atoms with E-state index in [1.165, 1.54) is 47.4 Å². The Bertz CT molecular complexity index is 1650. The van der Waals surface area contributed by atoms with Crippen molar-refractivity contribution in [3.05, 3.63) is 101 Å². The quantitative estimate of drug-likeness (QED) is 0.324. The molecule has 10 nitrogen and oxygen atoms in total. The average molecular weight is 609 g/mol. The van der Waals surface area contributed by atoms with Crippen LogP contribution >= 0.6 is 0 Å². The number of Topliss-reactive ketones (excluding diaryl/α,β-unsaturated/α-hetero) is 1. The minimum Gasteiger partial charge on any atom is -0.618 e. The van der Waals surface area contributed by atoms with Crippen LogP contribution in [0, 0.1) is 11.0 Å². The van der Waals surface area contributed by atoms with E-state index in [0.29, 0.717) is 11.1 Å². The van der Waals surface area contributed by atoms with Crippen molar-refractivity contribution in [2.75, 3.05) is 13.1 Å². The molecule has 3 atom stereocenters. The van der Waals surface area contributed by atoms with E-state index in [2.05, 4.69) is 26.1 Å². The summed E-state index contributed by atoms with van der Waals surface area (Å²) in [5.74, 6) is -1.98. The van der Waals surface area contributed by atoms with E-state index < -0.39 is 63.1 Å². The van der Waals surface area contributed by atoms with Crippen molar-refractivity contribution in [2.45, 2.75) is 62.2 Å². The number of nitrogens with zero attached hydrogens (tertiary/aromatic N) is 3. The molecule has 2 amide bonds. The Labute approximate surface area is 249 Å². The van der Waals surface area contributed by atoms with Crippen LogP contribution in [-0.2, 0) is 31.4 Å². The van der Waals surface area contributed by atoms with Crippen LogP contribution in [0.3, 0.4) is 0 Å². The number of pyridine rings is 1. The third-order valence-electron chi connectivity index (χ3n) is 7.99. The number of halogens is 1. The monoisotopic (exact) mass is 608 g/mol. The molecule has 226 valence electrons. The molecule has 0 bridgehead atoms. The number of benzene rings is 2. The minimum atomic E-state index is -4.33. The van der Waals surface area contributed by atoms with E-state index in [9.17, 15) is 32.4 Å². The van der Waals surface area contributed by atoms with Crippen LogP contribution < -0.4 is 10.0 Å². The van der Waals surface area contributed by atoms with E-state index in [-0.39, 0.29) is 29.5 Å². The first-order valence-electron chi connectivity index (χ1n) is 14.0. The number of aromatic nitrogens is 1. The molecule has 0 aliphatic carbocycles. The molecule has 43 heavy (non-hydrogen) atoms. The first-order chi connectivity index (χ1) is 20.3. The van der Waals surface area contributed by atoms with Gasteiger partial charge >= 0.3 is 15.0 Å². The largest absolute Gasteiger partial charge is 0.618 e. The van der Waals surface area contributed by atoms with Gasteiger partial charge in [0.15, 0.2) is 12.0 Å². The van der Waals surface area contributed by atoms with E-state index in [4.69, 9.17) is 0 Å². The maximum absolute atomic E-state index is 14.0. The van der Waals surface area contributed by atoms with Crippen LogP contribution in [0.25, 0.3) is 0 Å². The predicted octanol–water partition coefficient (Wildman–Crippen LogP) is 2.34. The molecule has 1 aromatic heterocycles. The SMILES string of the molecule is CC(C)(C)c1ccc(C(=O)NC(Cc2ccc(F)cc2)C(=O)N2CCC3C2C(=O)CN3S(=O)(=O)c2cccc[n+]2[O-])cc1. The number of rotatable bonds is 7. The Hall–Kier alpha value is -4.16. The summed E-state index contributed by atoms with van der Waals surface area (Å²) in [5, 5.41) is 14.5. The molecule has 2 aliphatic rings. The second kappa shape index (κ2) is 11.5. The maximum Gasteiger partial charge on any atom is 0.323 e. The average Bonchev–Trinajstić information content (AvgIpc) is 3.54. The van der Waals surface area contributed by atoms with Gasteiger partial charge < -0.3 is 15.4 Å². The number of hydrogen-bond acceptors (Lipinski definition) is 6. The number of fused-ring (bicyclic) bond motifs is 1. The van der Waals surface area contributed by atoms with Crippen molar-refractivity contribution in [1.82, 2.24) is 14.5 Å². The smallest absolute Gasteiger partial charge is 0.323 e. The maximum atomic E-state index is 14.0. The normalized spacial score (nSPS) is 19.7. The highest BCUT2D eigenvalue weighted by atomic mass is 32.2. The number of amides is 2. The molecule has 3 unspecified atom stereocenters. The van der Waals surface area contributed by atoms with Gasteiger partial charge in [-0.2, -0.15) is 9.04 Å². The Balaban J connectivity index is 1.40. The van der Waals surface area contributed by atoms with Crippen molar-refractivity contribution in [3.63, 3.8) is 0 Å². The second-order valence-corrected chi connectivity index (χ2v) is 13.7. The fourth-order valence-electron chi connectivity index (χ4n) is 5.69. The first-order valence-corrected chi connectivity index (χ1v) is 15.4. The Morgan fingerprint density at radius 2 is 1.74 bits per heavy atom. The van der Waals surface area contributed by atoms with Gasteiger partial charge in [-0.05, 0) is 53.3 Å². The zero-order chi connectivity index (χ0) is 31.1. The third kappa shape index (κ3) is 6.02. The summed E-state index contributed by atoms with van der Waals surface area (Å²) in [6.07, 6.45) is 1.26. The predicted molar refractivity (Wildman–Crippen MR) is 155 cm³/mol. The molecule has 0 saturated carbocycles. The number of likely N-dealkylation sites (tertiary alicyclic amines) is 1. The van der Waals surface area contributed by atoms with E-state index >= 15 is 0 Å². The van der Waals surface area contributed by atoms with Crippen molar-refractivity contribution in [2.24, 2.45) is 0 Å². The lowest BCUT2D eigenvalue weighted by Gasteiger charge is -2.28. The van der Waals surface area contributed by atoms with Gasteiger partial charge in [0.05, 0.1) is 12.6 Å². The molecule has 0 radical (unpaired) electrons. The van der Waals surface area contributed by atoms with Crippen LogP contribution in [-0.4, -0.2) is 66.4 Å². The molecule has 2 fully saturated rings. The van der Waals surface area contributed by atoms with Gasteiger partial charge in [-0.3, -0.25) is 14.4 Å². The highest BCUT2D eigenvalue weighted by Gasteiger charge is 2.55. The highest BCUT2D eigenvalue weighted by Crippen LogP contribution is 2.34. The number of ketones is 1. The summed E-state index contributed by atoms with van der Waals surface area (Å²) in [7, 11) is -4.33. The third-order valence-corrected chi connectivity index (χ3v) is 9.85. The number of carbonyl (C=O) groups is 3. The molecular weight excluding hydrogens is 575 g/mol. The number of carbonyl (C=O) groups excluding carboxylic acids is 3. The first kappa shape index (κ1) is 30.3. The van der Waals surface area contributed by atoms with Crippen molar-refractivity contribution in [3.8, 4) is 0 Å². The highest BCUT2D eigenvalue weighted by molar-refractivity contribution is 7.89. The molecule has 0 spiro atoms. The zero-order valence-corrected chi connectivity index (χ0v) is 24.9. The van der Waals surface area contributed by atoms with Gasteiger partial charge in [-0.1, -0.05) is 45.0 Å². The molecule has 12 heteroatoms. The van der Waals surface area contributed by atoms with Crippen LogP contribution in [0.2, 0.25) is 0 Å². The molecule has 2 saturated heterocycles. The fraction of sp³-hybridized carbons (Fsp3) is 0.355. The van der Waals surface area contributed by atoms with Gasteiger partial charge in [0, 0.05) is 30.7 Å². The lowest BCUT2D eigenvalue weighted by Crippen LogP contribution is -2.53. The van der Waals surface area contributed by atoms with E-state index in [0.717, 1.165) is 16.1 Å². The summed E-state index contributed by atoms with van der Waals surface area (Å²) in [4.78, 5) is 41.8. The summed E-state index contributed by atoms with van der Waals surface area (Å²) in [5.41, 5.74) is 1.84. The van der Waals surface area contributed by atoms with Gasteiger partial charge in [0.2, 0.25) is 5.91 Å². The molecule has 2 aliphatic heterocycles. The van der Waals surface area contributed by atoms with Crippen LogP contribution in [0.1, 0.15) is 48.7 Å². The van der Waals surface area contributed by atoms with Crippen molar-refractivity contribution >= 4 is 27.6 Å². The van der Waals surface area contributed by atoms with Gasteiger partial charge in [0.25, 0.3) is 5.91 Å². The Morgan fingerprint density at radius 3 is 2.37 bits per heavy atom. The van der Waals surface area contributed by atoms with Crippen molar-refractivity contribution in [1.29, 1.82) is 0 Å². The zero-order valence-electron chi connectivity index (χ0n) is 24.1. The Kier molecular flexibility index (Phi) is 8.10. The van der Waals surface area contributed by atoms with E-state index in [1.807, 2.05) is 12.1 Å². The van der Waals surface area contributed by atoms with Crippen molar-refractivity contribution < 1.29 is 31.9 Å². The van der Waals surface area contributed by atoms with E-state index in [1.54, 1.807) is 12.1 Å². The summed E-state index contributed by atoms with van der Waals surface area (Å²) < 4.78 is 41.6. The molecule has 2 aromatic carbocycles. The topological polar surface area (TPSA) is 131 Å². The number of nitrogens with one attached hydrogen (secondary N) is 1. The minimum absolute atomic E-state index is 0.0230. The molecule has 5 rings (SSSR count). The van der Waals surface area contributed by atoms with Crippen LogP contribution in [0.4, 0.5) is 4.39 Å². The number of hydrogen-bond donors (Lipinski definition) is 1. The van der Waals surface area contributed by atoms with Gasteiger partial charge in [-0.15, -0.1) is 0 Å². The summed E-state index contributed by atoms with van der Waals surface area (Å²) in [6.45, 7) is 5.76. The van der Waals surface area contributed by atoms with Crippen LogP contribution in [0.15, 0.2) is 78.0 Å². The lowest BCUT2D eigenvalue weighted by molar-refractivity contribution is -0.646. The van der Waals surface area contributed by atoms with Crippen LogP contribution in [0.5, 0.6) is 0 Å². The Morgan fingerprint density at radius 1 is 1.07 bits per heavy atom. The number of sulfonamides is 1. The van der Waals surface area contributed by atoms with Gasteiger partial charge in [-0.25, -0.2) is 12.8 Å². The molecule has 3 aromatic rings. The summed E-state index contributed by atoms with van der Waals surface area (Å²) >= 11 is 0. The summed E-state index contributed by atoms with van der Waals surface area (Å²) in [6, 6.07) is 13.5. The molecule has 1 N–H and O–H groups in total. The van der Waals surface area contributed by atoms with Gasteiger partial charge in [0.1, 0.15) is 17.9 Å². The standard InChI is InChI=1S/C31H33FN4O6S/c1-31(2,3)22-11-9-21(10-12-22)29(38)33-24(18-20-7-13-23(32)14-8-20)30(39)34-17-15-25-28(34)26(37)19-36(25)43(41,42)27-6-4-5-16-35(27)40/h4-14,16,24-25,28H,15,17-19H2,1-3H3,(H,33,38). The second-order valence-electron chi connectivity index (χ2n) is 11.9. The fourth-order valence-corrected chi connectivity index (χ4v) is 7.35. The molecular formula is C31H33FN4O6S. The molecule has 3 heterocycles. The lowest BCUT2D eigenvalue weighted by atomic mass is 9.86.